The Morgan fingerprint density at radius 2 is 0.962 bits per heavy atom. The van der Waals surface area contributed by atoms with Gasteiger partial charge in [0.05, 0.1) is 0 Å². The summed E-state index contributed by atoms with van der Waals surface area (Å²) < 4.78 is 0. The van der Waals surface area contributed by atoms with Gasteiger partial charge in [0.2, 0.25) is 0 Å². The second-order valence-corrected chi connectivity index (χ2v) is 6.58. The van der Waals surface area contributed by atoms with Crippen molar-refractivity contribution in [3.63, 3.8) is 0 Å². The molecule has 0 spiro atoms. The lowest BCUT2D eigenvalue weighted by Crippen LogP contribution is -2.06. The molecule has 0 fully saturated rings. The van der Waals surface area contributed by atoms with Crippen molar-refractivity contribution in [2.24, 2.45) is 0 Å². The average Bonchev–Trinajstić information content (AvgIpc) is 2.73. The number of carbonyl (C=O) groups is 2. The number of benzene rings is 3. The van der Waals surface area contributed by atoms with E-state index in [1.54, 1.807) is 48.5 Å². The predicted octanol–water partition coefficient (Wildman–Crippen LogP) is 5.01. The van der Waals surface area contributed by atoms with Gasteiger partial charge in [0.25, 0.3) is 0 Å². The van der Waals surface area contributed by atoms with Crippen molar-refractivity contribution in [3.05, 3.63) is 106 Å². The standard InChI is InChI=1S/C22H18O2S2/c23-21(17-8-4-15(13-25)5-9-17)19-2-1-3-20(12-19)22(24)18-10-6-16(14-26)7-11-18/h1-12,25-26H,13-14H2. The quantitative estimate of drug-likeness (QED) is 0.467. The lowest BCUT2D eigenvalue weighted by molar-refractivity contribution is 0.103. The highest BCUT2D eigenvalue weighted by molar-refractivity contribution is 7.79. The maximum absolute atomic E-state index is 12.7. The summed E-state index contributed by atoms with van der Waals surface area (Å²) in [7, 11) is 0. The van der Waals surface area contributed by atoms with Crippen molar-refractivity contribution in [2.45, 2.75) is 11.5 Å². The molecule has 0 saturated carbocycles. The van der Waals surface area contributed by atoms with Gasteiger partial charge in [-0.1, -0.05) is 66.7 Å². The zero-order valence-electron chi connectivity index (χ0n) is 14.1. The lowest BCUT2D eigenvalue weighted by Gasteiger charge is -2.06. The summed E-state index contributed by atoms with van der Waals surface area (Å²) in [5.74, 6) is 1.06. The smallest absolute Gasteiger partial charge is 0.193 e. The van der Waals surface area contributed by atoms with Gasteiger partial charge >= 0.3 is 0 Å². The maximum atomic E-state index is 12.7. The van der Waals surface area contributed by atoms with Crippen LogP contribution in [0.5, 0.6) is 0 Å². The molecule has 2 nitrogen and oxygen atoms in total. The van der Waals surface area contributed by atoms with Crippen molar-refractivity contribution in [1.82, 2.24) is 0 Å². The van der Waals surface area contributed by atoms with Crippen LogP contribution in [0.25, 0.3) is 0 Å². The van der Waals surface area contributed by atoms with Gasteiger partial charge in [-0.15, -0.1) is 0 Å². The molecule has 0 aliphatic heterocycles. The molecule has 0 aliphatic rings. The summed E-state index contributed by atoms with van der Waals surface area (Å²) in [5.41, 5.74) is 4.30. The van der Waals surface area contributed by atoms with E-state index >= 15 is 0 Å². The fourth-order valence-corrected chi connectivity index (χ4v) is 3.08. The molecule has 0 saturated heterocycles. The van der Waals surface area contributed by atoms with Crippen molar-refractivity contribution in [2.75, 3.05) is 0 Å². The van der Waals surface area contributed by atoms with Gasteiger partial charge in [-0.3, -0.25) is 9.59 Å². The Hall–Kier alpha value is -2.30. The predicted molar refractivity (Wildman–Crippen MR) is 112 cm³/mol. The van der Waals surface area contributed by atoms with Gasteiger partial charge < -0.3 is 0 Å². The van der Waals surface area contributed by atoms with Crippen LogP contribution in [0.2, 0.25) is 0 Å². The highest BCUT2D eigenvalue weighted by Crippen LogP contribution is 2.17. The van der Waals surface area contributed by atoms with E-state index in [0.29, 0.717) is 33.8 Å². The summed E-state index contributed by atoms with van der Waals surface area (Å²) in [6.07, 6.45) is 0. The van der Waals surface area contributed by atoms with Gasteiger partial charge in [0.1, 0.15) is 0 Å². The number of carbonyl (C=O) groups excluding carboxylic acids is 2. The molecule has 3 aromatic rings. The van der Waals surface area contributed by atoms with E-state index in [1.807, 2.05) is 24.3 Å². The van der Waals surface area contributed by atoms with Crippen LogP contribution in [0.15, 0.2) is 72.8 Å². The third kappa shape index (κ3) is 4.09. The van der Waals surface area contributed by atoms with Gasteiger partial charge in [0, 0.05) is 33.8 Å². The number of thiol groups is 2. The van der Waals surface area contributed by atoms with Crippen LogP contribution < -0.4 is 0 Å². The Labute approximate surface area is 164 Å². The fraction of sp³-hybridized carbons (Fsp3) is 0.0909. The highest BCUT2D eigenvalue weighted by atomic mass is 32.1. The van der Waals surface area contributed by atoms with Crippen molar-refractivity contribution >= 4 is 36.8 Å². The third-order valence-electron chi connectivity index (χ3n) is 4.18. The molecular weight excluding hydrogens is 360 g/mol. The molecule has 0 bridgehead atoms. The Bertz CT molecular complexity index is 854. The van der Waals surface area contributed by atoms with E-state index in [2.05, 4.69) is 25.3 Å². The van der Waals surface area contributed by atoms with E-state index in [0.717, 1.165) is 11.1 Å². The van der Waals surface area contributed by atoms with Crippen LogP contribution in [0.3, 0.4) is 0 Å². The van der Waals surface area contributed by atoms with Crippen LogP contribution in [0.4, 0.5) is 0 Å². The van der Waals surface area contributed by atoms with E-state index in [1.165, 1.54) is 0 Å². The molecule has 0 N–H and O–H groups in total. The zero-order valence-corrected chi connectivity index (χ0v) is 15.8. The first-order valence-electron chi connectivity index (χ1n) is 8.21. The second-order valence-electron chi connectivity index (χ2n) is 5.95. The zero-order chi connectivity index (χ0) is 18.5. The largest absolute Gasteiger partial charge is 0.289 e. The molecule has 0 radical (unpaired) electrons. The SMILES string of the molecule is O=C(c1ccc(CS)cc1)c1cccc(C(=O)c2ccc(CS)cc2)c1. The molecule has 4 heteroatoms. The van der Waals surface area contributed by atoms with Gasteiger partial charge in [-0.25, -0.2) is 0 Å². The van der Waals surface area contributed by atoms with E-state index in [-0.39, 0.29) is 11.6 Å². The first kappa shape index (κ1) is 18.5. The van der Waals surface area contributed by atoms with Crippen LogP contribution in [0.1, 0.15) is 43.0 Å². The monoisotopic (exact) mass is 378 g/mol. The van der Waals surface area contributed by atoms with Crippen LogP contribution >= 0.6 is 25.3 Å². The van der Waals surface area contributed by atoms with Gasteiger partial charge in [0.15, 0.2) is 11.6 Å². The van der Waals surface area contributed by atoms with Crippen molar-refractivity contribution < 1.29 is 9.59 Å². The first-order valence-corrected chi connectivity index (χ1v) is 9.48. The van der Waals surface area contributed by atoms with Crippen LogP contribution in [0, 0.1) is 0 Å². The molecule has 0 aliphatic carbocycles. The molecule has 0 aromatic heterocycles. The van der Waals surface area contributed by atoms with Crippen LogP contribution in [-0.4, -0.2) is 11.6 Å². The summed E-state index contributed by atoms with van der Waals surface area (Å²) in [6.45, 7) is 0. The topological polar surface area (TPSA) is 34.1 Å². The number of ketones is 2. The Morgan fingerprint density at radius 3 is 1.31 bits per heavy atom. The van der Waals surface area contributed by atoms with Crippen molar-refractivity contribution in [3.8, 4) is 0 Å². The minimum Gasteiger partial charge on any atom is -0.289 e. The molecule has 0 atom stereocenters. The minimum absolute atomic E-state index is 0.101. The van der Waals surface area contributed by atoms with E-state index in [9.17, 15) is 9.59 Å². The van der Waals surface area contributed by atoms with Gasteiger partial charge in [-0.2, -0.15) is 25.3 Å². The third-order valence-corrected chi connectivity index (χ3v) is 4.91. The molecule has 0 unspecified atom stereocenters. The maximum Gasteiger partial charge on any atom is 0.193 e. The Morgan fingerprint density at radius 1 is 0.577 bits per heavy atom. The molecule has 0 heterocycles. The number of rotatable bonds is 6. The second kappa shape index (κ2) is 8.39. The summed E-state index contributed by atoms with van der Waals surface area (Å²) in [4.78, 5) is 25.4. The normalized spacial score (nSPS) is 10.5. The summed E-state index contributed by atoms with van der Waals surface area (Å²) >= 11 is 8.44. The Balaban J connectivity index is 1.86. The minimum atomic E-state index is -0.101. The average molecular weight is 379 g/mol. The molecule has 0 amide bonds. The van der Waals surface area contributed by atoms with E-state index in [4.69, 9.17) is 0 Å². The lowest BCUT2D eigenvalue weighted by atomic mass is 9.97. The summed E-state index contributed by atoms with van der Waals surface area (Å²) in [6, 6.07) is 21.6. The number of hydrogen-bond donors (Lipinski definition) is 2. The van der Waals surface area contributed by atoms with E-state index < -0.39 is 0 Å². The fourth-order valence-electron chi connectivity index (χ4n) is 2.66. The molecule has 3 rings (SSSR count). The molecule has 130 valence electrons. The summed E-state index contributed by atoms with van der Waals surface area (Å²) in [5, 5.41) is 0. The number of hydrogen-bond acceptors (Lipinski definition) is 4. The van der Waals surface area contributed by atoms with Crippen molar-refractivity contribution in [1.29, 1.82) is 0 Å². The van der Waals surface area contributed by atoms with Gasteiger partial charge in [-0.05, 0) is 17.2 Å². The molecular formula is C22H18O2S2. The van der Waals surface area contributed by atoms with Crippen LogP contribution in [-0.2, 0) is 11.5 Å². The molecule has 3 aromatic carbocycles. The molecule has 26 heavy (non-hydrogen) atoms. The Kier molecular flexibility index (Phi) is 5.96. The highest BCUT2D eigenvalue weighted by Gasteiger charge is 2.14. The first-order chi connectivity index (χ1) is 12.6.